The van der Waals surface area contributed by atoms with Gasteiger partial charge in [-0.25, -0.2) is 0 Å². The first-order valence-corrected chi connectivity index (χ1v) is 15.7. The van der Waals surface area contributed by atoms with Gasteiger partial charge in [-0.2, -0.15) is 0 Å². The zero-order valence-electron chi connectivity index (χ0n) is 26.4. The number of aromatic hydroxyl groups is 2. The lowest BCUT2D eigenvalue weighted by atomic mass is 9.40. The van der Waals surface area contributed by atoms with Crippen LogP contribution in [-0.4, -0.2) is 100 Å². The molecule has 0 radical (unpaired) electrons. The lowest BCUT2D eigenvalue weighted by Gasteiger charge is -2.64. The number of aliphatic hydroxyl groups excluding tert-OH is 4. The second kappa shape index (κ2) is 10.6. The normalized spacial score (nSPS) is 35.7. The van der Waals surface area contributed by atoms with E-state index < -0.39 is 82.7 Å². The first-order valence-electron chi connectivity index (χ1n) is 15.7. The second-order valence-corrected chi connectivity index (χ2v) is 14.0. The fourth-order valence-corrected chi connectivity index (χ4v) is 8.33. The van der Waals surface area contributed by atoms with Crippen LogP contribution in [0.1, 0.15) is 60.2 Å². The van der Waals surface area contributed by atoms with E-state index in [9.17, 15) is 50.8 Å². The van der Waals surface area contributed by atoms with Gasteiger partial charge in [0.2, 0.25) is 6.29 Å². The molecular formula is C36H38O12. The van der Waals surface area contributed by atoms with E-state index in [2.05, 4.69) is 0 Å². The fraction of sp³-hybridized carbons (Fsp3) is 0.417. The number of ether oxygens (including phenoxy) is 2. The monoisotopic (exact) mass is 662 g/mol. The molecule has 1 saturated heterocycles. The van der Waals surface area contributed by atoms with E-state index in [1.165, 1.54) is 44.2 Å². The number of allylic oxidation sites excluding steroid dienone is 1. The summed E-state index contributed by atoms with van der Waals surface area (Å²) in [4.78, 5) is 15.0. The number of carbonyl (C=O) groups excluding carboxylic acids is 1. The summed E-state index contributed by atoms with van der Waals surface area (Å²) in [5.74, 6) is -2.96. The van der Waals surface area contributed by atoms with Crippen molar-refractivity contribution in [2.24, 2.45) is 5.41 Å². The van der Waals surface area contributed by atoms with Crippen LogP contribution in [0.15, 0.2) is 66.3 Å². The van der Waals surface area contributed by atoms with Crippen LogP contribution in [0.5, 0.6) is 17.2 Å². The molecule has 254 valence electrons. The fourth-order valence-electron chi connectivity index (χ4n) is 8.33. The van der Waals surface area contributed by atoms with Crippen LogP contribution in [-0.2, 0) is 10.3 Å². The highest BCUT2D eigenvalue weighted by Crippen LogP contribution is 2.73. The van der Waals surface area contributed by atoms with Crippen molar-refractivity contribution in [3.63, 3.8) is 0 Å². The van der Waals surface area contributed by atoms with Gasteiger partial charge in [-0.15, -0.1) is 0 Å². The van der Waals surface area contributed by atoms with Crippen LogP contribution in [0, 0.1) is 5.41 Å². The number of hydrogen-bond donors (Lipinski definition) is 9. The molecule has 7 rings (SSSR count). The predicted octanol–water partition coefficient (Wildman–Crippen LogP) is 1.35. The quantitative estimate of drug-likeness (QED) is 0.177. The van der Waals surface area contributed by atoms with E-state index in [0.717, 1.165) is 0 Å². The lowest BCUT2D eigenvalue weighted by molar-refractivity contribution is -0.277. The largest absolute Gasteiger partial charge is 0.507 e. The molecule has 9 N–H and O–H groups in total. The Bertz CT molecular complexity index is 1910. The van der Waals surface area contributed by atoms with E-state index in [0.29, 0.717) is 5.57 Å². The summed E-state index contributed by atoms with van der Waals surface area (Å²) in [7, 11) is 0. The zero-order chi connectivity index (χ0) is 34.7. The smallest absolute Gasteiger partial charge is 0.229 e. The molecule has 48 heavy (non-hydrogen) atoms. The van der Waals surface area contributed by atoms with E-state index in [-0.39, 0.29) is 45.2 Å². The zero-order valence-corrected chi connectivity index (χ0v) is 26.4. The molecular weight excluding hydrogens is 624 g/mol. The number of benzene rings is 3. The minimum atomic E-state index is -2.60. The maximum Gasteiger partial charge on any atom is 0.229 e. The maximum absolute atomic E-state index is 15.0. The highest BCUT2D eigenvalue weighted by Gasteiger charge is 2.77. The molecule has 9 atom stereocenters. The van der Waals surface area contributed by atoms with Crippen molar-refractivity contribution < 1.29 is 60.2 Å². The average Bonchev–Trinajstić information content (AvgIpc) is 3.03. The SMILES string of the molecule is CC1=C[C@@H]2c3c(c(O)c4ccccc4c3O[C@@H]3O[C@H](CO)[C@@H](O)[C@H](O)[C@H]3O)[C@@]3(O)c4cccc(O)c4C(=O)[C@]2(/C=C/C(C)(C)O)[C@@]3(O)C1. The Morgan fingerprint density at radius 3 is 2.35 bits per heavy atom. The van der Waals surface area contributed by atoms with Gasteiger partial charge in [-0.1, -0.05) is 60.2 Å². The summed E-state index contributed by atoms with van der Waals surface area (Å²) in [6.45, 7) is 3.92. The number of phenols is 2. The minimum Gasteiger partial charge on any atom is -0.507 e. The first-order chi connectivity index (χ1) is 22.5. The van der Waals surface area contributed by atoms with Crippen LogP contribution in [0.4, 0.5) is 0 Å². The summed E-state index contributed by atoms with van der Waals surface area (Å²) < 4.78 is 12.1. The summed E-state index contributed by atoms with van der Waals surface area (Å²) in [6.07, 6.45) is -4.20. The predicted molar refractivity (Wildman–Crippen MR) is 169 cm³/mol. The van der Waals surface area contributed by atoms with Crippen LogP contribution >= 0.6 is 0 Å². The number of ketones is 1. The van der Waals surface area contributed by atoms with Gasteiger partial charge in [-0.3, -0.25) is 4.79 Å². The summed E-state index contributed by atoms with van der Waals surface area (Å²) in [5.41, 5.74) is -8.64. The molecule has 0 unspecified atom stereocenters. The minimum absolute atomic E-state index is 0.0390. The summed E-state index contributed by atoms with van der Waals surface area (Å²) in [6, 6.07) is 10.5. The molecule has 12 nitrogen and oxygen atoms in total. The molecule has 4 aliphatic rings. The number of phenolic OH excluding ortho intramolecular Hbond substituents is 2. The van der Waals surface area contributed by atoms with Crippen molar-refractivity contribution in [1.29, 1.82) is 0 Å². The Morgan fingerprint density at radius 2 is 1.69 bits per heavy atom. The van der Waals surface area contributed by atoms with Crippen molar-refractivity contribution in [3.8, 4) is 17.2 Å². The molecule has 1 aliphatic heterocycles. The number of hydrogen-bond acceptors (Lipinski definition) is 12. The summed E-state index contributed by atoms with van der Waals surface area (Å²) in [5, 5.41) is 103. The molecule has 0 spiro atoms. The topological polar surface area (TPSA) is 218 Å². The summed E-state index contributed by atoms with van der Waals surface area (Å²) >= 11 is 0. The van der Waals surface area contributed by atoms with Crippen LogP contribution in [0.25, 0.3) is 10.8 Å². The Labute approximate surface area is 275 Å². The standard InChI is InChI=1S/C36H38O12/c1-16-13-20-24-25(26(39)17-7-4-5-8-18(17)30(24)48-32-29(42)28(41)27(40)22(15-37)47-32)36(46)19-9-6-10-21(38)23(19)31(43)34(20,35(36,45)14-16)12-11-33(2,3)44/h4-13,20,22,27-29,32,37-42,44-46H,14-15H2,1-3H3/b12-11+/t20-,22-,27-,28+,29-,32+,34-,35+,36+/m1/s1. The molecule has 0 saturated carbocycles. The van der Waals surface area contributed by atoms with Gasteiger partial charge >= 0.3 is 0 Å². The van der Waals surface area contributed by atoms with Gasteiger partial charge < -0.3 is 55.4 Å². The molecule has 12 heteroatoms. The van der Waals surface area contributed by atoms with Crippen molar-refractivity contribution in [1.82, 2.24) is 0 Å². The number of aliphatic hydroxyl groups is 7. The van der Waals surface area contributed by atoms with Crippen molar-refractivity contribution in [2.45, 2.75) is 80.6 Å². The van der Waals surface area contributed by atoms with Gasteiger partial charge in [0, 0.05) is 39.8 Å². The van der Waals surface area contributed by atoms with E-state index in [4.69, 9.17) is 9.47 Å². The van der Waals surface area contributed by atoms with Crippen LogP contribution < -0.4 is 4.74 Å². The second-order valence-electron chi connectivity index (χ2n) is 14.0. The molecule has 3 aromatic carbocycles. The van der Waals surface area contributed by atoms with E-state index in [1.807, 2.05) is 0 Å². The molecule has 3 aromatic rings. The van der Waals surface area contributed by atoms with Crippen molar-refractivity contribution in [2.75, 3.05) is 6.61 Å². The van der Waals surface area contributed by atoms with Crippen molar-refractivity contribution >= 4 is 16.6 Å². The number of fused-ring (bicyclic) bond motifs is 6. The van der Waals surface area contributed by atoms with Gasteiger partial charge in [0.1, 0.15) is 52.9 Å². The molecule has 3 aliphatic carbocycles. The molecule has 1 heterocycles. The third-order valence-corrected chi connectivity index (χ3v) is 10.5. The third-order valence-electron chi connectivity index (χ3n) is 10.5. The first kappa shape index (κ1) is 32.7. The number of carbonyl (C=O) groups is 1. The Hall–Kier alpha value is -3.85. The van der Waals surface area contributed by atoms with Gasteiger partial charge in [0.15, 0.2) is 5.78 Å². The van der Waals surface area contributed by atoms with Crippen LogP contribution in [0.3, 0.4) is 0 Å². The van der Waals surface area contributed by atoms with Gasteiger partial charge in [-0.05, 0) is 26.8 Å². The van der Waals surface area contributed by atoms with Gasteiger partial charge in [0.05, 0.1) is 23.2 Å². The maximum atomic E-state index is 15.0. The van der Waals surface area contributed by atoms with Gasteiger partial charge in [0.25, 0.3) is 0 Å². The molecule has 1 fully saturated rings. The van der Waals surface area contributed by atoms with Crippen LogP contribution in [0.2, 0.25) is 0 Å². The number of rotatable bonds is 5. The van der Waals surface area contributed by atoms with Crippen molar-refractivity contribution in [3.05, 3.63) is 88.5 Å². The third kappa shape index (κ3) is 4.03. The Kier molecular flexibility index (Phi) is 7.20. The highest BCUT2D eigenvalue weighted by atomic mass is 16.7. The average molecular weight is 663 g/mol. The molecule has 0 amide bonds. The molecule has 0 aromatic heterocycles. The Morgan fingerprint density at radius 1 is 1.00 bits per heavy atom. The van der Waals surface area contributed by atoms with E-state index >= 15 is 0 Å². The van der Waals surface area contributed by atoms with E-state index in [1.54, 1.807) is 37.3 Å². The highest BCUT2D eigenvalue weighted by molar-refractivity contribution is 6.11. The number of Topliss-reactive ketones (excluding diaryl/α,β-unsaturated/α-hetero) is 1. The molecule has 4 bridgehead atoms. The lowest BCUT2D eigenvalue weighted by Crippen LogP contribution is -2.73. The Balaban J connectivity index is 1.64.